The Hall–Kier alpha value is -8.52. The highest BCUT2D eigenvalue weighted by Crippen LogP contribution is 2.30. The van der Waals surface area contributed by atoms with Gasteiger partial charge in [0.2, 0.25) is 0 Å². The maximum atomic E-state index is 15.6. The van der Waals surface area contributed by atoms with Gasteiger partial charge in [0, 0.05) is 126 Å². The zero-order valence-corrected chi connectivity index (χ0v) is 62.7. The zero-order valence-electron chi connectivity index (χ0n) is 57.8. The van der Waals surface area contributed by atoms with Crippen LogP contribution in [0.25, 0.3) is 62.6 Å². The predicted octanol–water partition coefficient (Wildman–Crippen LogP) is 2.53. The van der Waals surface area contributed by atoms with Crippen LogP contribution in [-0.4, -0.2) is 128 Å². The number of thiophene rings is 6. The highest BCUT2D eigenvalue weighted by atomic mass is 32.1. The first-order valence-electron chi connectivity index (χ1n) is 34.1. The molecule has 6 aromatic heterocycles. The van der Waals surface area contributed by atoms with Crippen molar-refractivity contribution >= 4 is 184 Å². The molecular weight excluding hydrogens is 1470 g/mol. The van der Waals surface area contributed by atoms with Gasteiger partial charge < -0.3 is 0 Å². The summed E-state index contributed by atoms with van der Waals surface area (Å²) in [7, 11) is 32.2. The van der Waals surface area contributed by atoms with Gasteiger partial charge in [0.05, 0.1) is 81.0 Å². The molecule has 507 valence electrons. The molecule has 12 nitrogen and oxygen atoms in total. The monoisotopic (exact) mass is 1520 g/mol. The third-order valence-electron chi connectivity index (χ3n) is 18.7. The number of nitrogens with zero attached hydrogens (tertiary/aromatic N) is 12. The Morgan fingerprint density at radius 2 is 0.528 bits per heavy atom. The molecule has 12 heterocycles. The second-order valence-electron chi connectivity index (χ2n) is 24.9. The van der Waals surface area contributed by atoms with Gasteiger partial charge in [-0.3, -0.25) is 59.9 Å². The van der Waals surface area contributed by atoms with Crippen molar-refractivity contribution in [2.75, 3.05) is 40.0 Å². The Morgan fingerprint density at radius 1 is 0.278 bits per heavy atom. The minimum Gasteiger partial charge on any atom is -0.259 e. The molecule has 0 aliphatic carbocycles. The molecule has 6 aliphatic rings. The molecule has 36 heteroatoms. The van der Waals surface area contributed by atoms with E-state index in [2.05, 4.69) is 59.9 Å². The summed E-state index contributed by atoms with van der Waals surface area (Å²) in [6.45, 7) is 7.27. The second-order valence-corrected chi connectivity index (χ2v) is 31.6. The van der Waals surface area contributed by atoms with Crippen molar-refractivity contribution in [1.82, 2.24) is 0 Å². The molecule has 6 aliphatic heterocycles. The van der Waals surface area contributed by atoms with Crippen LogP contribution in [-0.2, 0) is 19.3 Å². The minimum absolute atomic E-state index is 0.0188. The van der Waals surface area contributed by atoms with Gasteiger partial charge in [-0.25, -0.2) is 26.3 Å². The van der Waals surface area contributed by atoms with E-state index in [-0.39, 0.29) is 76.7 Å². The summed E-state index contributed by atoms with van der Waals surface area (Å²) in [5.74, 6) is -2.39. The molecule has 0 fully saturated rings. The first-order chi connectivity index (χ1) is 52.7. The second kappa shape index (κ2) is 31.8. The highest BCUT2D eigenvalue weighted by Gasteiger charge is 2.27. The van der Waals surface area contributed by atoms with Crippen molar-refractivity contribution < 1.29 is 26.3 Å². The quantitative estimate of drug-likeness (QED) is 0.0770. The molecule has 0 saturated carbocycles. The normalized spacial score (nSPS) is 13.2. The maximum absolute atomic E-state index is 15.6. The van der Waals surface area contributed by atoms with E-state index in [4.69, 9.17) is 23.2 Å². The molecule has 108 heavy (non-hydrogen) atoms. The van der Waals surface area contributed by atoms with Gasteiger partial charge >= 0.3 is 0 Å². The summed E-state index contributed by atoms with van der Waals surface area (Å²) >= 11 is 9.02. The van der Waals surface area contributed by atoms with Crippen molar-refractivity contribution in [1.29, 1.82) is 0 Å². The average Bonchev–Trinajstić information content (AvgIpc) is 1.52. The van der Waals surface area contributed by atoms with Crippen LogP contribution in [0.4, 0.5) is 26.3 Å². The van der Waals surface area contributed by atoms with Crippen LogP contribution in [0.2, 0.25) is 20.5 Å². The number of hydrogen-bond donors (Lipinski definition) is 0. The fourth-order valence-corrected chi connectivity index (χ4v) is 19.4. The summed E-state index contributed by atoms with van der Waals surface area (Å²) in [4.78, 5) is 59.2. The molecule has 6 aromatic carbocycles. The summed E-state index contributed by atoms with van der Waals surface area (Å²) in [5.41, 5.74) is 6.40. The first-order valence-corrected chi connectivity index (χ1v) is 39.0. The molecule has 0 N–H and O–H groups in total. The number of hydrogen-bond acceptors (Lipinski definition) is 18. The van der Waals surface area contributed by atoms with E-state index < -0.39 is 17.5 Å². The SMILES string of the molecule is [B][B][B]c1ccc(-c2c(F)cc(Cc3cc(F)c(-c4ccc([B]C)s4)c4c3=NCN=4)c3c2=NCN=3)s1.[B][B][B]c1ccc(-c2cc(F)c(Cc3c(F)cc(-c4ccc([B]C)s4)c4c3=NCN=4)c3c2=NCN=3)s1.[B][B][B]c1ccc(-c2cc(F)c(Cc3cc(F)c(-c4ccc([B]C)s4)c4c3=NCN=4)c3c2=NCN=3)s1. The van der Waals surface area contributed by atoms with Gasteiger partial charge in [0.15, 0.2) is 21.8 Å². The smallest absolute Gasteiger partial charge is 0.162 e. The Bertz CT molecular complexity index is 6540. The molecule has 15 radical (unpaired) electrons. The lowest BCUT2D eigenvalue weighted by Gasteiger charge is -2.09. The van der Waals surface area contributed by atoms with Gasteiger partial charge in [-0.05, 0) is 118 Å². The molecule has 0 saturated heterocycles. The molecule has 0 unspecified atom stereocenters. The van der Waals surface area contributed by atoms with Gasteiger partial charge in [-0.1, -0.05) is 56.9 Å². The highest BCUT2D eigenvalue weighted by molar-refractivity contribution is 7.39. The largest absolute Gasteiger partial charge is 0.259 e. The van der Waals surface area contributed by atoms with Crippen LogP contribution in [0.1, 0.15) is 33.4 Å². The van der Waals surface area contributed by atoms with Crippen molar-refractivity contribution in [2.24, 2.45) is 59.9 Å². The van der Waals surface area contributed by atoms with Crippen LogP contribution < -0.4 is 92.9 Å². The van der Waals surface area contributed by atoms with Crippen LogP contribution in [0.5, 0.6) is 0 Å². The predicted molar refractivity (Wildman–Crippen MR) is 434 cm³/mol. The van der Waals surface area contributed by atoms with Crippen LogP contribution in [0.3, 0.4) is 0 Å². The van der Waals surface area contributed by atoms with Crippen molar-refractivity contribution in [3.63, 3.8) is 0 Å². The lowest BCUT2D eigenvalue weighted by atomic mass is 9.28. The fraction of sp³-hybridized carbons (Fsp3) is 0.167. The van der Waals surface area contributed by atoms with E-state index >= 15 is 26.3 Å². The zero-order chi connectivity index (χ0) is 74.4. The Labute approximate surface area is 649 Å². The molecule has 0 spiro atoms. The lowest BCUT2D eigenvalue weighted by Crippen LogP contribution is -2.34. The van der Waals surface area contributed by atoms with Crippen LogP contribution in [0.15, 0.2) is 169 Å². The standard InChI is InChI=1S/3C24H15B4F2N4S2/c1-26-18-4-3-17(36-18)20-15(30)7-11(21-24(20)34-9-31-21)6-12-14(29)8-13(23-22(12)32-10-33-23)16-2-5-19(35-16)27-28-25;1-26-19-4-2-17(35-19)13-7-15(29)11(21-23(13)33-9-31-21)6-12-16(30)8-14(24-22(12)32-10-34-24)18-3-5-20(36-18)27-28-25;1-26-17-4-2-15(35-17)19-13(29)7-11(21-23(19)33-9-31-21)6-12-8-14(30)20(24-22(12)32-10-34-24)16-3-5-18(36-16)27-28-25/h3*2-5,7-8H,6,9-10H2,1H3. The summed E-state index contributed by atoms with van der Waals surface area (Å²) in [6, 6.07) is 32.1. The minimum atomic E-state index is -0.442. The lowest BCUT2D eigenvalue weighted by molar-refractivity contribution is 0.594. The van der Waals surface area contributed by atoms with Gasteiger partial charge in [0.25, 0.3) is 0 Å². The summed E-state index contributed by atoms with van der Waals surface area (Å²) in [6.07, 6.45) is 0.447. The van der Waals surface area contributed by atoms with E-state index in [1.54, 1.807) is 32.8 Å². The molecule has 12 aromatic rings. The number of fused-ring (bicyclic) bond motifs is 6. The van der Waals surface area contributed by atoms with E-state index in [0.717, 1.165) is 57.9 Å². The fourth-order valence-electron chi connectivity index (χ4n) is 13.8. The Morgan fingerprint density at radius 3 is 0.843 bits per heavy atom. The summed E-state index contributed by atoms with van der Waals surface area (Å²) in [5, 5.41) is 6.98. The van der Waals surface area contributed by atoms with Gasteiger partial charge in [-0.15, -0.1) is 0 Å². The third kappa shape index (κ3) is 14.2. The topological polar surface area (TPSA) is 148 Å². The number of rotatable bonds is 21. The van der Waals surface area contributed by atoms with Crippen molar-refractivity contribution in [2.45, 2.75) is 39.7 Å². The maximum Gasteiger partial charge on any atom is 0.162 e. The Balaban J connectivity index is 0.000000124. The Kier molecular flexibility index (Phi) is 21.7. The van der Waals surface area contributed by atoms with Gasteiger partial charge in [-0.2, -0.15) is 68.0 Å². The summed E-state index contributed by atoms with van der Waals surface area (Å²) < 4.78 is 99.3. The van der Waals surface area contributed by atoms with Crippen molar-refractivity contribution in [3.8, 4) is 62.6 Å². The van der Waals surface area contributed by atoms with E-state index in [0.29, 0.717) is 131 Å². The number of halogens is 6. The molecule has 0 atom stereocenters. The number of benzene rings is 6. The molecular formula is C72H45B12F6N12S6. The van der Waals surface area contributed by atoms with E-state index in [1.807, 2.05) is 115 Å². The van der Waals surface area contributed by atoms with Crippen LogP contribution >= 0.6 is 68.0 Å². The average molecular weight is 1510 g/mol. The van der Waals surface area contributed by atoms with E-state index in [1.165, 1.54) is 114 Å². The van der Waals surface area contributed by atoms with E-state index in [9.17, 15) is 0 Å². The van der Waals surface area contributed by atoms with Gasteiger partial charge in [0.1, 0.15) is 96.4 Å². The van der Waals surface area contributed by atoms with Crippen LogP contribution in [0, 0.1) is 34.9 Å². The molecule has 0 bridgehead atoms. The third-order valence-corrected chi connectivity index (χ3v) is 25.4. The van der Waals surface area contributed by atoms with Crippen molar-refractivity contribution in [3.05, 3.63) is 242 Å². The molecule has 18 rings (SSSR count). The first kappa shape index (κ1) is 73.6. The molecule has 0 amide bonds.